The van der Waals surface area contributed by atoms with Crippen LogP contribution in [-0.4, -0.2) is 0 Å². The second-order valence-electron chi connectivity index (χ2n) is 29.8. The lowest BCUT2D eigenvalue weighted by Gasteiger charge is -2.25. The Balaban J connectivity index is 1.13. The first kappa shape index (κ1) is 65.4. The number of benzene rings is 17. The molecule has 0 fully saturated rings. The fourth-order valence-corrected chi connectivity index (χ4v) is 17.5. The van der Waals surface area contributed by atoms with Gasteiger partial charge in [-0.2, -0.15) is 0 Å². The Bertz CT molecular complexity index is 5330. The third kappa shape index (κ3) is 11.2. The fraction of sp³-hybridized carbons (Fsp3) is 0.115. The van der Waals surface area contributed by atoms with Gasteiger partial charge < -0.3 is 0 Å². The minimum absolute atomic E-state index is 1.18. The van der Waals surface area contributed by atoms with Crippen LogP contribution in [0.2, 0.25) is 0 Å². The molecule has 17 aromatic carbocycles. The Morgan fingerprint density at radius 3 is 0.433 bits per heavy atom. The average molecular weight is 1330 g/mol. The fourth-order valence-electron chi connectivity index (χ4n) is 17.5. The third-order valence-electron chi connectivity index (χ3n) is 22.4. The molecule has 0 aliphatic heterocycles. The van der Waals surface area contributed by atoms with Gasteiger partial charge in [0, 0.05) is 0 Å². The molecule has 0 saturated heterocycles. The summed E-state index contributed by atoms with van der Waals surface area (Å²) < 4.78 is 0. The molecule has 0 saturated carbocycles. The summed E-state index contributed by atoms with van der Waals surface area (Å²) in [7, 11) is 0. The van der Waals surface area contributed by atoms with Gasteiger partial charge in [0.15, 0.2) is 0 Å². The van der Waals surface area contributed by atoms with Crippen molar-refractivity contribution >= 4 is 43.1 Å². The quantitative estimate of drug-likeness (QED) is 0.0845. The van der Waals surface area contributed by atoms with Gasteiger partial charge in [-0.15, -0.1) is 0 Å². The molecule has 500 valence electrons. The van der Waals surface area contributed by atoms with Crippen molar-refractivity contribution in [3.05, 3.63) is 358 Å². The predicted octanol–water partition coefficient (Wildman–Crippen LogP) is 29.4. The van der Waals surface area contributed by atoms with Crippen LogP contribution in [0.25, 0.3) is 177 Å². The molecule has 0 amide bonds. The summed E-state index contributed by atoms with van der Waals surface area (Å²) in [5.41, 5.74) is 44.1. The van der Waals surface area contributed by atoms with E-state index < -0.39 is 0 Å². The molecule has 0 bridgehead atoms. The van der Waals surface area contributed by atoms with Crippen LogP contribution in [0.4, 0.5) is 0 Å². The molecular formula is C104H84. The predicted molar refractivity (Wildman–Crippen MR) is 450 cm³/mol. The van der Waals surface area contributed by atoms with Gasteiger partial charge in [-0.3, -0.25) is 0 Å². The Morgan fingerprint density at radius 2 is 0.288 bits per heavy atom. The van der Waals surface area contributed by atoms with E-state index >= 15 is 0 Å². The molecule has 0 N–H and O–H groups in total. The Morgan fingerprint density at radius 1 is 0.144 bits per heavy atom. The Labute approximate surface area is 613 Å². The second kappa shape index (κ2) is 26.1. The molecule has 0 unspecified atom stereocenters. The van der Waals surface area contributed by atoms with E-state index in [1.165, 1.54) is 243 Å². The normalized spacial score (nSPS) is 11.7. The summed E-state index contributed by atoms with van der Waals surface area (Å²) in [6, 6.07) is 112. The van der Waals surface area contributed by atoms with Crippen molar-refractivity contribution in [2.24, 2.45) is 0 Å². The number of rotatable bonds is 12. The van der Waals surface area contributed by atoms with Gasteiger partial charge in [0.2, 0.25) is 0 Å². The van der Waals surface area contributed by atoms with E-state index in [0.29, 0.717) is 0 Å². The van der Waals surface area contributed by atoms with Crippen LogP contribution in [0.1, 0.15) is 66.8 Å². The Hall–Kier alpha value is -12.0. The van der Waals surface area contributed by atoms with Gasteiger partial charge in [0.1, 0.15) is 0 Å². The van der Waals surface area contributed by atoms with Gasteiger partial charge in [-0.25, -0.2) is 0 Å². The lowest BCUT2D eigenvalue weighted by atomic mass is 9.78. The van der Waals surface area contributed by atoms with Crippen molar-refractivity contribution in [1.29, 1.82) is 0 Å². The molecular weight excluding hydrogens is 1250 g/mol. The highest BCUT2D eigenvalue weighted by Crippen LogP contribution is 2.55. The maximum absolute atomic E-state index is 2.60. The van der Waals surface area contributed by atoms with Crippen molar-refractivity contribution in [3.63, 3.8) is 0 Å². The topological polar surface area (TPSA) is 0 Å². The molecule has 0 heteroatoms. The maximum atomic E-state index is 2.60. The molecule has 0 nitrogen and oxygen atoms in total. The largest absolute Gasteiger partial charge is 0.0620 e. The standard InChI is InChI=1S/C104H84/c1-61-45-87(79-37-21-13-29-65(79)5)101(88(46-61)80-38-22-14-30-66(80)6)75-53-73-54-76(102-89(81-39-23-15-31-67(81)7)47-62(2)48-90(102)82-40-24-16-32-68(82)8)59-97-98-60-78(104-93(85-43-27-19-35-71(85)11)51-64(4)52-94(104)86-44-28-20-36-72(86)12)56-74-55-77(58-96(100(74)98)95(57-75)99(73)97)103-91(83-41-25-17-33-69(83)9)49-63(3)50-92(103)84-42-26-18-34-70(84)10/h13-60H,1-12H3. The summed E-state index contributed by atoms with van der Waals surface area (Å²) in [6.45, 7) is 27.3. The second-order valence-corrected chi connectivity index (χ2v) is 29.8. The number of hydrogen-bond acceptors (Lipinski definition) is 0. The lowest BCUT2D eigenvalue weighted by molar-refractivity contribution is 1.40. The van der Waals surface area contributed by atoms with Crippen molar-refractivity contribution in [1.82, 2.24) is 0 Å². The van der Waals surface area contributed by atoms with Gasteiger partial charge >= 0.3 is 0 Å². The van der Waals surface area contributed by atoms with E-state index in [4.69, 9.17) is 0 Å². The highest BCUT2D eigenvalue weighted by atomic mass is 14.3. The van der Waals surface area contributed by atoms with E-state index in [1.807, 2.05) is 0 Å². The lowest BCUT2D eigenvalue weighted by Crippen LogP contribution is -1.99. The van der Waals surface area contributed by atoms with Crippen LogP contribution in [0.3, 0.4) is 0 Å². The molecule has 17 aromatic rings. The van der Waals surface area contributed by atoms with Gasteiger partial charge in [-0.05, 0) is 375 Å². The van der Waals surface area contributed by atoms with Crippen LogP contribution in [0.5, 0.6) is 0 Å². The SMILES string of the molecule is Cc1cc(-c2ccccc2C)c(-c2cc3cc(-c4c(-c5ccccc5C)cc(C)cc4-c4ccccc4C)cc4c5cc(-c6c(-c7ccccc7C)cc(C)cc6-c6ccccc6C)cc6cc(-c7c(-c8ccccc8C)cc(C)cc7-c7ccccc7C)cc(c(c2)c34)c65)c(-c2ccccc2C)c1. The molecule has 0 radical (unpaired) electrons. The number of fused-ring (bicyclic) bond motifs is 2. The van der Waals surface area contributed by atoms with Crippen molar-refractivity contribution in [2.75, 3.05) is 0 Å². The van der Waals surface area contributed by atoms with Crippen LogP contribution in [0.15, 0.2) is 291 Å². The van der Waals surface area contributed by atoms with E-state index in [2.05, 4.69) is 374 Å². The number of aryl methyl sites for hydroxylation is 12. The summed E-state index contributed by atoms with van der Waals surface area (Å²) in [6.07, 6.45) is 0. The average Bonchev–Trinajstić information content (AvgIpc) is 0.697. The van der Waals surface area contributed by atoms with E-state index in [-0.39, 0.29) is 0 Å². The molecule has 0 atom stereocenters. The highest BCUT2D eigenvalue weighted by molar-refractivity contribution is 6.36. The first-order valence-electron chi connectivity index (χ1n) is 36.9. The van der Waals surface area contributed by atoms with Gasteiger partial charge in [0.25, 0.3) is 0 Å². The van der Waals surface area contributed by atoms with E-state index in [0.717, 1.165) is 0 Å². The minimum atomic E-state index is 1.18. The molecule has 0 heterocycles. The van der Waals surface area contributed by atoms with Crippen LogP contribution in [-0.2, 0) is 0 Å². The van der Waals surface area contributed by atoms with Crippen molar-refractivity contribution < 1.29 is 0 Å². The highest BCUT2D eigenvalue weighted by Gasteiger charge is 2.28. The summed E-state index contributed by atoms with van der Waals surface area (Å²) in [4.78, 5) is 0. The van der Waals surface area contributed by atoms with Crippen LogP contribution >= 0.6 is 0 Å². The molecule has 0 aromatic heterocycles. The zero-order chi connectivity index (χ0) is 71.3. The molecule has 17 rings (SSSR count). The van der Waals surface area contributed by atoms with Crippen molar-refractivity contribution in [2.45, 2.75) is 83.1 Å². The molecule has 104 heavy (non-hydrogen) atoms. The van der Waals surface area contributed by atoms with Gasteiger partial charge in [-0.1, -0.05) is 243 Å². The molecule has 0 spiro atoms. The van der Waals surface area contributed by atoms with Gasteiger partial charge in [0.05, 0.1) is 0 Å². The first-order chi connectivity index (χ1) is 50.5. The van der Waals surface area contributed by atoms with E-state index in [1.54, 1.807) is 0 Å². The summed E-state index contributed by atoms with van der Waals surface area (Å²) in [5, 5.41) is 9.75. The molecule has 0 aliphatic rings. The van der Waals surface area contributed by atoms with Crippen LogP contribution in [0, 0.1) is 83.1 Å². The maximum Gasteiger partial charge on any atom is -0.00255 e. The smallest absolute Gasteiger partial charge is 0.00255 e. The Kier molecular flexibility index (Phi) is 16.4. The third-order valence-corrected chi connectivity index (χ3v) is 22.4. The zero-order valence-corrected chi connectivity index (χ0v) is 61.7. The molecule has 0 aliphatic carbocycles. The zero-order valence-electron chi connectivity index (χ0n) is 61.7. The first-order valence-corrected chi connectivity index (χ1v) is 36.9. The summed E-state index contributed by atoms with van der Waals surface area (Å²) >= 11 is 0. The van der Waals surface area contributed by atoms with Crippen LogP contribution < -0.4 is 0 Å². The summed E-state index contributed by atoms with van der Waals surface area (Å²) in [5.74, 6) is 0. The monoisotopic (exact) mass is 1330 g/mol. The van der Waals surface area contributed by atoms with Crippen molar-refractivity contribution in [3.8, 4) is 134 Å². The number of hydrogen-bond donors (Lipinski definition) is 0. The minimum Gasteiger partial charge on any atom is -0.0620 e. The van der Waals surface area contributed by atoms with E-state index in [9.17, 15) is 0 Å².